The SMILES string of the molecule is Cc1ccc(-n2c(C)cc(C(=O)CSC(=S)N(C)C)c2C)cc1C. The van der Waals surface area contributed by atoms with E-state index in [2.05, 4.69) is 36.6 Å². The molecule has 24 heavy (non-hydrogen) atoms. The topological polar surface area (TPSA) is 25.2 Å². The number of rotatable bonds is 4. The average molecular weight is 361 g/mol. The number of hydrogen-bond acceptors (Lipinski definition) is 3. The lowest BCUT2D eigenvalue weighted by Crippen LogP contribution is -2.18. The third kappa shape index (κ3) is 3.90. The highest BCUT2D eigenvalue weighted by molar-refractivity contribution is 8.23. The first-order chi connectivity index (χ1) is 11.2. The summed E-state index contributed by atoms with van der Waals surface area (Å²) in [5.74, 6) is 0.487. The monoisotopic (exact) mass is 360 g/mol. The number of thiocarbonyl (C=S) groups is 1. The van der Waals surface area contributed by atoms with Gasteiger partial charge in [-0.25, -0.2) is 0 Å². The molecular weight excluding hydrogens is 336 g/mol. The van der Waals surface area contributed by atoms with Crippen LogP contribution in [0.1, 0.15) is 32.9 Å². The fourth-order valence-corrected chi connectivity index (χ4v) is 3.49. The Labute approximate surface area is 154 Å². The molecule has 1 aromatic carbocycles. The van der Waals surface area contributed by atoms with Gasteiger partial charge in [-0.2, -0.15) is 0 Å². The minimum atomic E-state index is 0.118. The summed E-state index contributed by atoms with van der Waals surface area (Å²) in [6, 6.07) is 8.37. The van der Waals surface area contributed by atoms with E-state index < -0.39 is 0 Å². The zero-order valence-electron chi connectivity index (χ0n) is 15.1. The van der Waals surface area contributed by atoms with E-state index in [4.69, 9.17) is 12.2 Å². The minimum Gasteiger partial charge on any atom is -0.364 e. The lowest BCUT2D eigenvalue weighted by atomic mass is 10.1. The molecule has 0 aliphatic heterocycles. The van der Waals surface area contributed by atoms with Crippen molar-refractivity contribution in [3.05, 3.63) is 52.3 Å². The van der Waals surface area contributed by atoms with Crippen LogP contribution in [0.15, 0.2) is 24.3 Å². The predicted molar refractivity (Wildman–Crippen MR) is 108 cm³/mol. The van der Waals surface area contributed by atoms with Gasteiger partial charge in [-0.3, -0.25) is 4.79 Å². The third-order valence-electron chi connectivity index (χ3n) is 4.17. The summed E-state index contributed by atoms with van der Waals surface area (Å²) in [5, 5.41) is 0. The fraction of sp³-hybridized carbons (Fsp3) is 0.368. The minimum absolute atomic E-state index is 0.118. The van der Waals surface area contributed by atoms with Gasteiger partial charge in [0.25, 0.3) is 0 Å². The Bertz CT molecular complexity index is 791. The van der Waals surface area contributed by atoms with E-state index in [0.29, 0.717) is 5.75 Å². The zero-order chi connectivity index (χ0) is 18.0. The number of aromatic nitrogens is 1. The Morgan fingerprint density at radius 1 is 1.12 bits per heavy atom. The van der Waals surface area contributed by atoms with E-state index in [-0.39, 0.29) is 5.78 Å². The molecule has 2 rings (SSSR count). The molecule has 0 unspecified atom stereocenters. The zero-order valence-corrected chi connectivity index (χ0v) is 16.8. The molecule has 0 N–H and O–H groups in total. The Hall–Kier alpha value is -1.59. The van der Waals surface area contributed by atoms with Crippen molar-refractivity contribution < 1.29 is 4.79 Å². The van der Waals surface area contributed by atoms with Crippen molar-refractivity contribution in [1.82, 2.24) is 9.47 Å². The normalized spacial score (nSPS) is 10.8. The van der Waals surface area contributed by atoms with Crippen molar-refractivity contribution in [2.75, 3.05) is 19.8 Å². The molecule has 0 aliphatic rings. The van der Waals surface area contributed by atoms with E-state index in [1.807, 2.05) is 38.9 Å². The Morgan fingerprint density at radius 3 is 2.38 bits per heavy atom. The highest BCUT2D eigenvalue weighted by Gasteiger charge is 2.17. The fourth-order valence-electron chi connectivity index (χ4n) is 2.64. The van der Waals surface area contributed by atoms with Crippen LogP contribution in [-0.4, -0.2) is 39.4 Å². The molecule has 0 saturated carbocycles. The van der Waals surface area contributed by atoms with Crippen LogP contribution in [0.4, 0.5) is 0 Å². The summed E-state index contributed by atoms with van der Waals surface area (Å²) in [4.78, 5) is 14.5. The molecule has 0 atom stereocenters. The van der Waals surface area contributed by atoms with Gasteiger partial charge in [0.15, 0.2) is 5.78 Å². The summed E-state index contributed by atoms with van der Waals surface area (Å²) in [5.41, 5.74) is 6.45. The Balaban J connectivity index is 2.30. The van der Waals surface area contributed by atoms with Crippen molar-refractivity contribution in [3.63, 3.8) is 0 Å². The number of Topliss-reactive ketones (excluding diaryl/α,β-unsaturated/α-hetero) is 1. The lowest BCUT2D eigenvalue weighted by Gasteiger charge is -2.13. The van der Waals surface area contributed by atoms with Crippen molar-refractivity contribution in [1.29, 1.82) is 0 Å². The van der Waals surface area contributed by atoms with Gasteiger partial charge in [-0.1, -0.05) is 30.0 Å². The van der Waals surface area contributed by atoms with E-state index in [1.54, 1.807) is 0 Å². The maximum Gasteiger partial charge on any atom is 0.174 e. The van der Waals surface area contributed by atoms with Crippen LogP contribution in [0.5, 0.6) is 0 Å². The number of benzene rings is 1. The maximum absolute atomic E-state index is 12.6. The van der Waals surface area contributed by atoms with Crippen molar-refractivity contribution in [3.8, 4) is 5.69 Å². The largest absolute Gasteiger partial charge is 0.364 e. The molecule has 0 spiro atoms. The first-order valence-corrected chi connectivity index (χ1v) is 9.25. The van der Waals surface area contributed by atoms with Crippen LogP contribution >= 0.6 is 24.0 Å². The van der Waals surface area contributed by atoms with Crippen LogP contribution in [0.2, 0.25) is 0 Å². The molecular formula is C19H24N2OS2. The van der Waals surface area contributed by atoms with E-state index in [0.717, 1.165) is 27.0 Å². The van der Waals surface area contributed by atoms with Crippen molar-refractivity contribution in [2.45, 2.75) is 27.7 Å². The maximum atomic E-state index is 12.6. The van der Waals surface area contributed by atoms with Gasteiger partial charge in [0.1, 0.15) is 4.32 Å². The van der Waals surface area contributed by atoms with Gasteiger partial charge in [-0.15, -0.1) is 0 Å². The predicted octanol–water partition coefficient (Wildman–Crippen LogP) is 4.47. The molecule has 128 valence electrons. The molecule has 0 amide bonds. The Morgan fingerprint density at radius 2 is 1.79 bits per heavy atom. The van der Waals surface area contributed by atoms with Gasteiger partial charge < -0.3 is 9.47 Å². The van der Waals surface area contributed by atoms with Gasteiger partial charge in [0.2, 0.25) is 0 Å². The van der Waals surface area contributed by atoms with Crippen LogP contribution in [0.3, 0.4) is 0 Å². The highest BCUT2D eigenvalue weighted by atomic mass is 32.2. The summed E-state index contributed by atoms with van der Waals surface area (Å²) in [6.07, 6.45) is 0. The first-order valence-electron chi connectivity index (χ1n) is 7.86. The molecule has 1 heterocycles. The van der Waals surface area contributed by atoms with Crippen LogP contribution in [0.25, 0.3) is 5.69 Å². The average Bonchev–Trinajstić information content (AvgIpc) is 2.82. The van der Waals surface area contributed by atoms with Crippen LogP contribution in [-0.2, 0) is 0 Å². The third-order valence-corrected chi connectivity index (χ3v) is 5.91. The van der Waals surface area contributed by atoms with E-state index >= 15 is 0 Å². The molecule has 0 saturated heterocycles. The second-order valence-electron chi connectivity index (χ2n) is 6.26. The standard InChI is InChI=1S/C19H24N2OS2/c1-12-7-8-16(9-13(12)2)21-14(3)10-17(15(21)4)18(22)11-24-19(23)20(5)6/h7-10H,11H2,1-6H3. The van der Waals surface area contributed by atoms with Gasteiger partial charge in [-0.05, 0) is 57.0 Å². The van der Waals surface area contributed by atoms with Gasteiger partial charge >= 0.3 is 0 Å². The van der Waals surface area contributed by atoms with E-state index in [1.165, 1.54) is 22.9 Å². The molecule has 3 nitrogen and oxygen atoms in total. The van der Waals surface area contributed by atoms with Crippen LogP contribution < -0.4 is 0 Å². The molecule has 0 fully saturated rings. The smallest absolute Gasteiger partial charge is 0.174 e. The number of nitrogens with zero attached hydrogens (tertiary/aromatic N) is 2. The molecule has 0 aliphatic carbocycles. The Kier molecular flexibility index (Phi) is 5.88. The van der Waals surface area contributed by atoms with Crippen molar-refractivity contribution in [2.24, 2.45) is 0 Å². The molecule has 1 aromatic heterocycles. The molecule has 5 heteroatoms. The number of thioether (sulfide) groups is 1. The van der Waals surface area contributed by atoms with Crippen molar-refractivity contribution >= 4 is 34.1 Å². The quantitative estimate of drug-likeness (QED) is 0.593. The number of aryl methyl sites for hydroxylation is 3. The van der Waals surface area contributed by atoms with Gasteiger partial charge in [0.05, 0.1) is 5.75 Å². The molecule has 0 radical (unpaired) electrons. The van der Waals surface area contributed by atoms with Crippen LogP contribution in [0, 0.1) is 27.7 Å². The summed E-state index contributed by atoms with van der Waals surface area (Å²) in [7, 11) is 3.79. The number of carbonyl (C=O) groups is 1. The second kappa shape index (κ2) is 7.53. The summed E-state index contributed by atoms with van der Waals surface area (Å²) < 4.78 is 2.88. The highest BCUT2D eigenvalue weighted by Crippen LogP contribution is 2.24. The first kappa shape index (κ1) is 18.7. The summed E-state index contributed by atoms with van der Waals surface area (Å²) in [6.45, 7) is 8.26. The lowest BCUT2D eigenvalue weighted by molar-refractivity contribution is 0.102. The number of hydrogen-bond donors (Lipinski definition) is 0. The summed E-state index contributed by atoms with van der Waals surface area (Å²) >= 11 is 6.65. The van der Waals surface area contributed by atoms with Gasteiger partial charge in [0, 0.05) is 36.7 Å². The van der Waals surface area contributed by atoms with E-state index in [9.17, 15) is 4.79 Å². The number of carbonyl (C=O) groups excluding carboxylic acids is 1. The molecule has 0 bridgehead atoms. The number of ketones is 1. The second-order valence-corrected chi connectivity index (χ2v) is 7.87. The molecule has 2 aromatic rings.